The molecule has 1 aliphatic carbocycles. The molecule has 17 heavy (non-hydrogen) atoms. The first-order chi connectivity index (χ1) is 8.22. The summed E-state index contributed by atoms with van der Waals surface area (Å²) >= 11 is 3.95. The van der Waals surface area contributed by atoms with Crippen molar-refractivity contribution in [1.29, 1.82) is 0 Å². The lowest BCUT2D eigenvalue weighted by molar-refractivity contribution is -0.123. The SMILES string of the molecule is CCC1SCCSC1C(=O)C1CCC(C)CC1. The van der Waals surface area contributed by atoms with E-state index in [0.29, 0.717) is 22.2 Å². The Balaban J connectivity index is 1.93. The highest BCUT2D eigenvalue weighted by Gasteiger charge is 2.36. The van der Waals surface area contributed by atoms with Gasteiger partial charge < -0.3 is 0 Å². The van der Waals surface area contributed by atoms with Crippen LogP contribution in [-0.2, 0) is 4.79 Å². The molecule has 0 radical (unpaired) electrons. The van der Waals surface area contributed by atoms with Gasteiger partial charge in [0.05, 0.1) is 5.25 Å². The molecule has 0 aromatic carbocycles. The summed E-state index contributed by atoms with van der Waals surface area (Å²) in [4.78, 5) is 12.6. The van der Waals surface area contributed by atoms with Crippen molar-refractivity contribution in [2.75, 3.05) is 11.5 Å². The molecule has 0 aromatic heterocycles. The Bertz CT molecular complexity index is 259. The molecule has 3 heteroatoms. The summed E-state index contributed by atoms with van der Waals surface area (Å²) in [6, 6.07) is 0. The molecule has 2 rings (SSSR count). The molecule has 1 aliphatic heterocycles. The smallest absolute Gasteiger partial charge is 0.150 e. The average molecular weight is 272 g/mol. The van der Waals surface area contributed by atoms with Crippen LogP contribution in [0, 0.1) is 11.8 Å². The van der Waals surface area contributed by atoms with Crippen LogP contribution < -0.4 is 0 Å². The van der Waals surface area contributed by atoms with E-state index in [9.17, 15) is 4.79 Å². The third kappa shape index (κ3) is 3.44. The van der Waals surface area contributed by atoms with Gasteiger partial charge in [0.1, 0.15) is 5.78 Å². The van der Waals surface area contributed by atoms with E-state index >= 15 is 0 Å². The Kier molecular flexibility index (Phi) is 5.28. The normalized spacial score (nSPS) is 38.9. The zero-order valence-corrected chi connectivity index (χ0v) is 12.6. The Labute approximate surface area is 114 Å². The maximum Gasteiger partial charge on any atom is 0.150 e. The van der Waals surface area contributed by atoms with Gasteiger partial charge in [-0.25, -0.2) is 0 Å². The molecule has 0 amide bonds. The Morgan fingerprint density at radius 1 is 1.12 bits per heavy atom. The minimum atomic E-state index is 0.303. The quantitative estimate of drug-likeness (QED) is 0.773. The molecular weight excluding hydrogens is 248 g/mol. The second-order valence-electron chi connectivity index (χ2n) is 5.47. The summed E-state index contributed by atoms with van der Waals surface area (Å²) in [5.41, 5.74) is 0. The third-order valence-corrected chi connectivity index (χ3v) is 7.42. The Morgan fingerprint density at radius 3 is 2.41 bits per heavy atom. The van der Waals surface area contributed by atoms with Crippen molar-refractivity contribution in [1.82, 2.24) is 0 Å². The third-order valence-electron chi connectivity index (χ3n) is 4.15. The van der Waals surface area contributed by atoms with Crippen LogP contribution in [0.15, 0.2) is 0 Å². The molecular formula is C14H24OS2. The minimum Gasteiger partial charge on any atom is -0.298 e. The predicted molar refractivity (Wildman–Crippen MR) is 78.9 cm³/mol. The topological polar surface area (TPSA) is 17.1 Å². The van der Waals surface area contributed by atoms with Gasteiger partial charge in [0.25, 0.3) is 0 Å². The van der Waals surface area contributed by atoms with E-state index in [0.717, 1.165) is 25.2 Å². The van der Waals surface area contributed by atoms with Crippen LogP contribution in [0.3, 0.4) is 0 Å². The van der Waals surface area contributed by atoms with Crippen LogP contribution >= 0.6 is 23.5 Å². The van der Waals surface area contributed by atoms with Crippen molar-refractivity contribution in [3.8, 4) is 0 Å². The molecule has 1 saturated carbocycles. The summed E-state index contributed by atoms with van der Waals surface area (Å²) in [6.07, 6.45) is 5.98. The zero-order chi connectivity index (χ0) is 12.3. The first-order valence-electron chi connectivity index (χ1n) is 6.99. The maximum absolute atomic E-state index is 12.6. The standard InChI is InChI=1S/C14H24OS2/c1-3-12-14(17-9-8-16-12)13(15)11-6-4-10(2)5-7-11/h10-12,14H,3-9H2,1-2H3. The first-order valence-corrected chi connectivity index (χ1v) is 9.09. The molecule has 1 heterocycles. The van der Waals surface area contributed by atoms with Gasteiger partial charge in [0, 0.05) is 22.7 Å². The number of carbonyl (C=O) groups excluding carboxylic acids is 1. The van der Waals surface area contributed by atoms with Gasteiger partial charge >= 0.3 is 0 Å². The van der Waals surface area contributed by atoms with Crippen LogP contribution in [0.25, 0.3) is 0 Å². The number of thioether (sulfide) groups is 2. The van der Waals surface area contributed by atoms with Gasteiger partial charge in [0.2, 0.25) is 0 Å². The van der Waals surface area contributed by atoms with Gasteiger partial charge in [-0.05, 0) is 25.2 Å². The lowest BCUT2D eigenvalue weighted by atomic mass is 9.80. The van der Waals surface area contributed by atoms with Crippen LogP contribution in [-0.4, -0.2) is 27.8 Å². The Hall–Kier alpha value is 0.370. The van der Waals surface area contributed by atoms with Crippen molar-refractivity contribution in [3.05, 3.63) is 0 Å². The van der Waals surface area contributed by atoms with Gasteiger partial charge in [-0.3, -0.25) is 4.79 Å². The van der Waals surface area contributed by atoms with Crippen LogP contribution in [0.5, 0.6) is 0 Å². The number of Topliss-reactive ketones (excluding diaryl/α,β-unsaturated/α-hetero) is 1. The van der Waals surface area contributed by atoms with Crippen molar-refractivity contribution in [2.45, 2.75) is 56.5 Å². The van der Waals surface area contributed by atoms with Gasteiger partial charge in [-0.15, -0.1) is 11.8 Å². The Morgan fingerprint density at radius 2 is 1.76 bits per heavy atom. The van der Waals surface area contributed by atoms with E-state index in [-0.39, 0.29) is 0 Å². The highest BCUT2D eigenvalue weighted by molar-refractivity contribution is 8.07. The molecule has 0 bridgehead atoms. The van der Waals surface area contributed by atoms with Gasteiger partial charge in [-0.1, -0.05) is 26.7 Å². The highest BCUT2D eigenvalue weighted by atomic mass is 32.2. The number of ketones is 1. The molecule has 98 valence electrons. The lowest BCUT2D eigenvalue weighted by Gasteiger charge is -2.33. The van der Waals surface area contributed by atoms with E-state index < -0.39 is 0 Å². The molecule has 0 spiro atoms. The highest BCUT2D eigenvalue weighted by Crippen LogP contribution is 2.38. The molecule has 2 unspecified atom stereocenters. The van der Waals surface area contributed by atoms with E-state index in [1.807, 2.05) is 23.5 Å². The fraction of sp³-hybridized carbons (Fsp3) is 0.929. The maximum atomic E-state index is 12.6. The predicted octanol–water partition coefficient (Wildman–Crippen LogP) is 4.01. The summed E-state index contributed by atoms with van der Waals surface area (Å²) in [7, 11) is 0. The minimum absolute atomic E-state index is 0.303. The van der Waals surface area contributed by atoms with E-state index in [4.69, 9.17) is 0 Å². The first kappa shape index (κ1) is 13.8. The monoisotopic (exact) mass is 272 g/mol. The number of hydrogen-bond donors (Lipinski definition) is 0. The molecule has 2 aliphatic rings. The fourth-order valence-electron chi connectivity index (χ4n) is 2.94. The molecule has 1 nitrogen and oxygen atoms in total. The zero-order valence-electron chi connectivity index (χ0n) is 11.0. The van der Waals surface area contributed by atoms with Crippen LogP contribution in [0.1, 0.15) is 46.0 Å². The van der Waals surface area contributed by atoms with Crippen molar-refractivity contribution < 1.29 is 4.79 Å². The van der Waals surface area contributed by atoms with Gasteiger partial charge in [0.15, 0.2) is 0 Å². The summed E-state index contributed by atoms with van der Waals surface area (Å²) in [5.74, 6) is 4.21. The average Bonchev–Trinajstić information content (AvgIpc) is 2.39. The number of rotatable bonds is 3. The van der Waals surface area contributed by atoms with Crippen LogP contribution in [0.4, 0.5) is 0 Å². The van der Waals surface area contributed by atoms with Gasteiger partial charge in [-0.2, -0.15) is 11.8 Å². The second kappa shape index (κ2) is 6.51. The summed E-state index contributed by atoms with van der Waals surface area (Å²) in [6.45, 7) is 4.55. The second-order valence-corrected chi connectivity index (χ2v) is 8.06. The van der Waals surface area contributed by atoms with Crippen molar-refractivity contribution in [3.63, 3.8) is 0 Å². The lowest BCUT2D eigenvalue weighted by Crippen LogP contribution is -2.37. The van der Waals surface area contributed by atoms with E-state index in [2.05, 4.69) is 13.8 Å². The molecule has 0 aromatic rings. The number of carbonyl (C=O) groups is 1. The van der Waals surface area contributed by atoms with E-state index in [1.54, 1.807) is 0 Å². The molecule has 0 N–H and O–H groups in total. The molecule has 2 fully saturated rings. The summed E-state index contributed by atoms with van der Waals surface area (Å²) in [5, 5.41) is 0.887. The van der Waals surface area contributed by atoms with Crippen molar-refractivity contribution >= 4 is 29.3 Å². The van der Waals surface area contributed by atoms with Crippen LogP contribution in [0.2, 0.25) is 0 Å². The van der Waals surface area contributed by atoms with E-state index in [1.165, 1.54) is 24.3 Å². The van der Waals surface area contributed by atoms with Crippen molar-refractivity contribution in [2.24, 2.45) is 11.8 Å². The molecule has 1 saturated heterocycles. The largest absolute Gasteiger partial charge is 0.298 e. The number of hydrogen-bond acceptors (Lipinski definition) is 3. The molecule has 2 atom stereocenters. The summed E-state index contributed by atoms with van der Waals surface area (Å²) < 4.78 is 0. The fourth-order valence-corrected chi connectivity index (χ4v) is 6.05.